The molecule has 3 fully saturated rings. The van der Waals surface area contributed by atoms with E-state index in [9.17, 15) is 14.7 Å². The average Bonchev–Trinajstić information content (AvgIpc) is 3.40. The topological polar surface area (TPSA) is 115 Å². The molecule has 0 radical (unpaired) electrons. The zero-order chi connectivity index (χ0) is 23.6. The number of anilines is 1. The first-order chi connectivity index (χ1) is 16.5. The van der Waals surface area contributed by atoms with Crippen molar-refractivity contribution >= 4 is 17.7 Å². The molecule has 1 unspecified atom stereocenters. The third-order valence-corrected chi connectivity index (χ3v) is 7.05. The van der Waals surface area contributed by atoms with Gasteiger partial charge in [-0.2, -0.15) is 0 Å². The maximum absolute atomic E-state index is 13.5. The molecule has 2 N–H and O–H groups in total. The molecule has 3 saturated heterocycles. The summed E-state index contributed by atoms with van der Waals surface area (Å²) in [6, 6.07) is 11.9. The minimum absolute atomic E-state index is 0.136. The first-order valence-corrected chi connectivity index (χ1v) is 11.4. The zero-order valence-corrected chi connectivity index (χ0v) is 18.7. The summed E-state index contributed by atoms with van der Waals surface area (Å²) in [5, 5.41) is 14.4. The standard InChI is InChI=1S/C25H26N4O5/c30-23(28-22-6-10-26-17-27-22)15-29-11-7-18(8-12-29)21(14-29)34-24(31)25(32,20-9-13-33-16-20)19-4-2-1-3-5-19/h1-6,9-10,13,16-18,21,32H,7-8,11-12,14-15H2/p+1/t18?,21-,25?,29?/m0/s1. The highest BCUT2D eigenvalue weighted by atomic mass is 16.6. The van der Waals surface area contributed by atoms with Gasteiger partial charge in [-0.05, 0) is 17.7 Å². The Hall–Kier alpha value is -3.56. The van der Waals surface area contributed by atoms with Crippen molar-refractivity contribution in [3.05, 3.63) is 78.6 Å². The summed E-state index contributed by atoms with van der Waals surface area (Å²) < 4.78 is 11.7. The van der Waals surface area contributed by atoms with E-state index < -0.39 is 11.6 Å². The van der Waals surface area contributed by atoms with Crippen LogP contribution in [0.2, 0.25) is 0 Å². The molecule has 34 heavy (non-hydrogen) atoms. The number of carbonyl (C=O) groups excluding carboxylic acids is 2. The molecule has 1 amide bonds. The Labute approximate surface area is 197 Å². The predicted molar refractivity (Wildman–Crippen MR) is 121 cm³/mol. The molecule has 1 aromatic carbocycles. The molecule has 2 aromatic heterocycles. The first kappa shape index (κ1) is 22.2. The Bertz CT molecular complexity index is 1130. The van der Waals surface area contributed by atoms with Crippen LogP contribution in [0.3, 0.4) is 0 Å². The summed E-state index contributed by atoms with van der Waals surface area (Å²) in [7, 11) is 0. The second-order valence-electron chi connectivity index (χ2n) is 9.14. The van der Waals surface area contributed by atoms with Crippen molar-refractivity contribution in [2.24, 2.45) is 5.92 Å². The van der Waals surface area contributed by atoms with E-state index in [0.29, 0.717) is 28.0 Å². The van der Waals surface area contributed by atoms with Crippen LogP contribution in [0.25, 0.3) is 0 Å². The number of esters is 1. The second-order valence-corrected chi connectivity index (χ2v) is 9.14. The monoisotopic (exact) mass is 463 g/mol. The summed E-state index contributed by atoms with van der Waals surface area (Å²) >= 11 is 0. The third-order valence-electron chi connectivity index (χ3n) is 7.05. The van der Waals surface area contributed by atoms with Gasteiger partial charge in [-0.1, -0.05) is 30.3 Å². The highest BCUT2D eigenvalue weighted by Gasteiger charge is 2.51. The Morgan fingerprint density at radius 1 is 1.15 bits per heavy atom. The number of aliphatic hydroxyl groups is 1. The molecule has 3 aliphatic heterocycles. The molecule has 9 heteroatoms. The smallest absolute Gasteiger partial charge is 0.348 e. The maximum Gasteiger partial charge on any atom is 0.348 e. The lowest BCUT2D eigenvalue weighted by atomic mass is 9.82. The highest BCUT2D eigenvalue weighted by molar-refractivity contribution is 5.90. The summed E-state index contributed by atoms with van der Waals surface area (Å²) in [5.41, 5.74) is -1.25. The number of amides is 1. The van der Waals surface area contributed by atoms with E-state index in [-0.39, 0.29) is 24.5 Å². The van der Waals surface area contributed by atoms with Crippen LogP contribution in [0.4, 0.5) is 5.82 Å². The first-order valence-electron chi connectivity index (χ1n) is 11.4. The van der Waals surface area contributed by atoms with E-state index in [4.69, 9.17) is 9.15 Å². The fourth-order valence-corrected chi connectivity index (χ4v) is 5.20. The summed E-state index contributed by atoms with van der Waals surface area (Å²) in [6.45, 7) is 2.50. The molecule has 176 valence electrons. The van der Waals surface area contributed by atoms with Crippen LogP contribution in [0, 0.1) is 5.92 Å². The SMILES string of the molecule is O=C(C[N+]12CCC(CC1)[C@@H](OC(=O)C(O)(c1ccccc1)c1ccoc1)C2)Nc1ccncn1. The number of hydrogen-bond donors (Lipinski definition) is 2. The normalized spacial score (nSPS) is 25.3. The van der Waals surface area contributed by atoms with Gasteiger partial charge in [0.15, 0.2) is 12.6 Å². The quantitative estimate of drug-likeness (QED) is 0.407. The van der Waals surface area contributed by atoms with E-state index in [1.807, 2.05) is 6.07 Å². The number of ether oxygens (including phenoxy) is 1. The van der Waals surface area contributed by atoms with Crippen LogP contribution in [-0.2, 0) is 19.9 Å². The van der Waals surface area contributed by atoms with Gasteiger partial charge in [0.1, 0.15) is 18.7 Å². The number of nitrogens with zero attached hydrogens (tertiary/aromatic N) is 3. The van der Waals surface area contributed by atoms with Crippen LogP contribution >= 0.6 is 0 Å². The predicted octanol–water partition coefficient (Wildman–Crippen LogP) is 2.10. The van der Waals surface area contributed by atoms with Gasteiger partial charge in [-0.3, -0.25) is 4.79 Å². The van der Waals surface area contributed by atoms with Gasteiger partial charge < -0.3 is 24.1 Å². The van der Waals surface area contributed by atoms with Gasteiger partial charge in [-0.15, -0.1) is 0 Å². The van der Waals surface area contributed by atoms with Crippen LogP contribution in [0.1, 0.15) is 24.0 Å². The maximum atomic E-state index is 13.5. The molecular weight excluding hydrogens is 436 g/mol. The largest absolute Gasteiger partial charge is 0.472 e. The van der Waals surface area contributed by atoms with Crippen LogP contribution in [-0.4, -0.2) is 63.7 Å². The van der Waals surface area contributed by atoms with E-state index in [0.717, 1.165) is 25.9 Å². The van der Waals surface area contributed by atoms with Crippen molar-refractivity contribution in [2.75, 3.05) is 31.5 Å². The zero-order valence-electron chi connectivity index (χ0n) is 18.7. The van der Waals surface area contributed by atoms with Crippen molar-refractivity contribution in [3.63, 3.8) is 0 Å². The van der Waals surface area contributed by atoms with Crippen molar-refractivity contribution < 1.29 is 28.3 Å². The van der Waals surface area contributed by atoms with Crippen LogP contribution in [0.15, 0.2) is 71.9 Å². The molecule has 2 atom stereocenters. The number of fused-ring (bicyclic) bond motifs is 3. The van der Waals surface area contributed by atoms with Gasteiger partial charge in [-0.25, -0.2) is 14.8 Å². The van der Waals surface area contributed by atoms with Crippen LogP contribution in [0.5, 0.6) is 0 Å². The molecule has 9 nitrogen and oxygen atoms in total. The van der Waals surface area contributed by atoms with Crippen molar-refractivity contribution in [3.8, 4) is 0 Å². The minimum atomic E-state index is -1.98. The van der Waals surface area contributed by atoms with E-state index in [2.05, 4.69) is 15.3 Å². The van der Waals surface area contributed by atoms with Gasteiger partial charge in [0, 0.05) is 30.5 Å². The molecule has 0 spiro atoms. The van der Waals surface area contributed by atoms with E-state index in [1.165, 1.54) is 18.9 Å². The van der Waals surface area contributed by atoms with Crippen molar-refractivity contribution in [1.29, 1.82) is 0 Å². The summed E-state index contributed by atoms with van der Waals surface area (Å²) in [6.07, 6.45) is 7.06. The lowest BCUT2D eigenvalue weighted by molar-refractivity contribution is -0.939. The fourth-order valence-electron chi connectivity index (χ4n) is 5.20. The van der Waals surface area contributed by atoms with Crippen LogP contribution < -0.4 is 5.32 Å². The van der Waals surface area contributed by atoms with Crippen molar-refractivity contribution in [2.45, 2.75) is 24.5 Å². The summed E-state index contributed by atoms with van der Waals surface area (Å²) in [5.74, 6) is -0.204. The Morgan fingerprint density at radius 2 is 1.94 bits per heavy atom. The van der Waals surface area contributed by atoms with Gasteiger partial charge in [0.2, 0.25) is 5.60 Å². The Balaban J connectivity index is 1.32. The molecule has 5 heterocycles. The number of quaternary nitrogens is 1. The number of carbonyl (C=O) groups is 2. The Morgan fingerprint density at radius 3 is 2.62 bits per heavy atom. The number of nitrogens with one attached hydrogen (secondary N) is 1. The number of piperidine rings is 3. The number of benzene rings is 1. The number of hydrogen-bond acceptors (Lipinski definition) is 7. The lowest BCUT2D eigenvalue weighted by Gasteiger charge is -2.51. The molecule has 0 saturated carbocycles. The molecular formula is C25H27N4O5+. The average molecular weight is 464 g/mol. The number of furan rings is 1. The van der Waals surface area contributed by atoms with E-state index in [1.54, 1.807) is 42.6 Å². The molecule has 0 aliphatic carbocycles. The lowest BCUT2D eigenvalue weighted by Crippen LogP contribution is -2.66. The molecule has 2 bridgehead atoms. The molecule has 3 aromatic rings. The van der Waals surface area contributed by atoms with Gasteiger partial charge in [0.05, 0.1) is 25.6 Å². The molecule has 3 aliphatic rings. The number of rotatable bonds is 7. The van der Waals surface area contributed by atoms with Gasteiger partial charge in [0.25, 0.3) is 5.91 Å². The second kappa shape index (κ2) is 9.00. The fraction of sp³-hybridized carbons (Fsp3) is 0.360. The third kappa shape index (κ3) is 4.20. The van der Waals surface area contributed by atoms with E-state index >= 15 is 0 Å². The minimum Gasteiger partial charge on any atom is -0.472 e. The highest BCUT2D eigenvalue weighted by Crippen LogP contribution is 2.38. The summed E-state index contributed by atoms with van der Waals surface area (Å²) in [4.78, 5) is 34.1. The van der Waals surface area contributed by atoms with Crippen molar-refractivity contribution in [1.82, 2.24) is 9.97 Å². The van der Waals surface area contributed by atoms with Gasteiger partial charge >= 0.3 is 5.97 Å². The number of aromatic nitrogens is 2. The Kier molecular flexibility index (Phi) is 5.89. The molecule has 6 rings (SSSR count).